The first-order valence-electron chi connectivity index (χ1n) is 11.2. The standard InChI is InChI=1S/C24H38O4/c1-4-6-8-9-11-12-20-14-15-22(19(3)16-20)28-24(25)21-17-26-23(27-18-21)13-10-7-5-2/h14-16,21,23H,4-13,17-18H2,1-3H3. The van der Waals surface area contributed by atoms with E-state index in [1.54, 1.807) is 0 Å². The van der Waals surface area contributed by atoms with Crippen molar-refractivity contribution in [3.8, 4) is 5.75 Å². The summed E-state index contributed by atoms with van der Waals surface area (Å²) in [5, 5.41) is 0. The zero-order valence-electron chi connectivity index (χ0n) is 18.0. The van der Waals surface area contributed by atoms with E-state index in [2.05, 4.69) is 26.0 Å². The summed E-state index contributed by atoms with van der Waals surface area (Å²) in [6.07, 6.45) is 11.7. The Kier molecular flexibility index (Phi) is 10.6. The number of aryl methyl sites for hydroxylation is 2. The van der Waals surface area contributed by atoms with Gasteiger partial charge >= 0.3 is 5.97 Å². The minimum atomic E-state index is -0.347. The number of ether oxygens (including phenoxy) is 3. The molecule has 0 bridgehead atoms. The van der Waals surface area contributed by atoms with Crippen molar-refractivity contribution < 1.29 is 19.0 Å². The van der Waals surface area contributed by atoms with Crippen LogP contribution in [0.15, 0.2) is 18.2 Å². The number of rotatable bonds is 12. The van der Waals surface area contributed by atoms with Crippen LogP contribution in [0.5, 0.6) is 5.75 Å². The first-order valence-corrected chi connectivity index (χ1v) is 11.2. The summed E-state index contributed by atoms with van der Waals surface area (Å²) < 4.78 is 17.0. The Labute approximate surface area is 170 Å². The van der Waals surface area contributed by atoms with Crippen LogP contribution in [0.2, 0.25) is 0 Å². The van der Waals surface area contributed by atoms with Gasteiger partial charge in [0.1, 0.15) is 11.7 Å². The second-order valence-electron chi connectivity index (χ2n) is 7.97. The molecule has 28 heavy (non-hydrogen) atoms. The van der Waals surface area contributed by atoms with Crippen LogP contribution in [0.1, 0.15) is 82.8 Å². The third-order valence-corrected chi connectivity index (χ3v) is 5.36. The Morgan fingerprint density at radius 2 is 1.68 bits per heavy atom. The van der Waals surface area contributed by atoms with E-state index in [0.29, 0.717) is 19.0 Å². The van der Waals surface area contributed by atoms with Crippen molar-refractivity contribution in [2.75, 3.05) is 13.2 Å². The molecule has 1 aromatic carbocycles. The predicted octanol–water partition coefficient (Wildman–Crippen LogP) is 5.98. The van der Waals surface area contributed by atoms with E-state index in [-0.39, 0.29) is 18.2 Å². The van der Waals surface area contributed by atoms with Crippen LogP contribution in [0.3, 0.4) is 0 Å². The molecule has 1 aromatic rings. The molecule has 0 saturated carbocycles. The van der Waals surface area contributed by atoms with Gasteiger partial charge in [0.2, 0.25) is 0 Å². The number of esters is 1. The van der Waals surface area contributed by atoms with Gasteiger partial charge in [-0.15, -0.1) is 0 Å². The summed E-state index contributed by atoms with van der Waals surface area (Å²) in [4.78, 5) is 12.5. The van der Waals surface area contributed by atoms with Crippen LogP contribution in [0, 0.1) is 12.8 Å². The van der Waals surface area contributed by atoms with Crippen molar-refractivity contribution in [1.29, 1.82) is 0 Å². The summed E-state index contributed by atoms with van der Waals surface area (Å²) in [5.74, 6) is 0.0345. The van der Waals surface area contributed by atoms with Gasteiger partial charge in [0.15, 0.2) is 6.29 Å². The van der Waals surface area contributed by atoms with Crippen LogP contribution in [-0.2, 0) is 20.7 Å². The minimum Gasteiger partial charge on any atom is -0.426 e. The number of hydrogen-bond acceptors (Lipinski definition) is 4. The average Bonchev–Trinajstić information content (AvgIpc) is 2.70. The highest BCUT2D eigenvalue weighted by molar-refractivity contribution is 5.75. The van der Waals surface area contributed by atoms with Gasteiger partial charge in [0.05, 0.1) is 13.2 Å². The van der Waals surface area contributed by atoms with Gasteiger partial charge in [-0.3, -0.25) is 4.79 Å². The molecule has 0 aromatic heterocycles. The number of unbranched alkanes of at least 4 members (excludes halogenated alkanes) is 6. The van der Waals surface area contributed by atoms with E-state index < -0.39 is 0 Å². The highest BCUT2D eigenvalue weighted by Crippen LogP contribution is 2.23. The molecule has 0 unspecified atom stereocenters. The van der Waals surface area contributed by atoms with Gasteiger partial charge in [-0.1, -0.05) is 64.5 Å². The summed E-state index contributed by atoms with van der Waals surface area (Å²) >= 11 is 0. The predicted molar refractivity (Wildman–Crippen MR) is 113 cm³/mol. The van der Waals surface area contributed by atoms with Crippen LogP contribution in [0.25, 0.3) is 0 Å². The van der Waals surface area contributed by atoms with Crippen molar-refractivity contribution in [3.05, 3.63) is 29.3 Å². The normalized spacial score (nSPS) is 19.5. The molecular weight excluding hydrogens is 352 g/mol. The molecule has 1 saturated heterocycles. The topological polar surface area (TPSA) is 44.8 Å². The summed E-state index contributed by atoms with van der Waals surface area (Å²) in [5.41, 5.74) is 2.32. The molecule has 0 radical (unpaired) electrons. The van der Waals surface area contributed by atoms with Crippen LogP contribution in [-0.4, -0.2) is 25.5 Å². The van der Waals surface area contributed by atoms with Gasteiger partial charge in [0.25, 0.3) is 0 Å². The molecule has 0 amide bonds. The zero-order chi connectivity index (χ0) is 20.2. The fourth-order valence-corrected chi connectivity index (χ4v) is 3.51. The molecule has 4 heteroatoms. The molecule has 1 aliphatic rings. The van der Waals surface area contributed by atoms with E-state index in [4.69, 9.17) is 14.2 Å². The highest BCUT2D eigenvalue weighted by atomic mass is 16.7. The Morgan fingerprint density at radius 3 is 2.36 bits per heavy atom. The Bertz CT molecular complexity index is 576. The molecule has 1 fully saturated rings. The Morgan fingerprint density at radius 1 is 1.00 bits per heavy atom. The third-order valence-electron chi connectivity index (χ3n) is 5.36. The smallest absolute Gasteiger partial charge is 0.319 e. The average molecular weight is 391 g/mol. The van der Waals surface area contributed by atoms with Crippen molar-refractivity contribution in [2.24, 2.45) is 5.92 Å². The Hall–Kier alpha value is -1.39. The highest BCUT2D eigenvalue weighted by Gasteiger charge is 2.29. The fraction of sp³-hybridized carbons (Fsp3) is 0.708. The first kappa shape index (κ1) is 22.9. The van der Waals surface area contributed by atoms with Crippen LogP contribution in [0.4, 0.5) is 0 Å². The Balaban J connectivity index is 1.74. The molecule has 0 N–H and O–H groups in total. The number of carbonyl (C=O) groups excluding carboxylic acids is 1. The molecule has 158 valence electrons. The van der Waals surface area contributed by atoms with Gasteiger partial charge < -0.3 is 14.2 Å². The molecule has 0 atom stereocenters. The van der Waals surface area contributed by atoms with Crippen LogP contribution >= 0.6 is 0 Å². The van der Waals surface area contributed by atoms with Gasteiger partial charge in [-0.25, -0.2) is 0 Å². The molecular formula is C24H38O4. The molecule has 1 heterocycles. The lowest BCUT2D eigenvalue weighted by atomic mass is 10.0. The van der Waals surface area contributed by atoms with E-state index in [1.165, 1.54) is 50.5 Å². The van der Waals surface area contributed by atoms with E-state index in [1.807, 2.05) is 13.0 Å². The molecule has 0 aliphatic carbocycles. The summed E-state index contributed by atoms with van der Waals surface area (Å²) in [6.45, 7) is 7.17. The van der Waals surface area contributed by atoms with Crippen molar-refractivity contribution in [1.82, 2.24) is 0 Å². The van der Waals surface area contributed by atoms with Crippen molar-refractivity contribution in [2.45, 2.75) is 91.3 Å². The largest absolute Gasteiger partial charge is 0.426 e. The third kappa shape index (κ3) is 7.92. The number of benzene rings is 1. The molecule has 0 spiro atoms. The summed E-state index contributed by atoms with van der Waals surface area (Å²) in [6, 6.07) is 6.14. The monoisotopic (exact) mass is 390 g/mol. The minimum absolute atomic E-state index is 0.172. The van der Waals surface area contributed by atoms with E-state index in [9.17, 15) is 4.79 Å². The lowest BCUT2D eigenvalue weighted by Crippen LogP contribution is -2.38. The fourth-order valence-electron chi connectivity index (χ4n) is 3.51. The first-order chi connectivity index (χ1) is 13.6. The molecule has 4 nitrogen and oxygen atoms in total. The van der Waals surface area contributed by atoms with E-state index >= 15 is 0 Å². The van der Waals surface area contributed by atoms with Gasteiger partial charge in [0, 0.05) is 0 Å². The lowest BCUT2D eigenvalue weighted by Gasteiger charge is -2.28. The quantitative estimate of drug-likeness (QED) is 0.250. The van der Waals surface area contributed by atoms with E-state index in [0.717, 1.165) is 24.8 Å². The molecule has 1 aliphatic heterocycles. The second kappa shape index (κ2) is 12.9. The van der Waals surface area contributed by atoms with Gasteiger partial charge in [-0.05, 0) is 49.8 Å². The van der Waals surface area contributed by atoms with Crippen molar-refractivity contribution in [3.63, 3.8) is 0 Å². The van der Waals surface area contributed by atoms with Gasteiger partial charge in [-0.2, -0.15) is 0 Å². The number of carbonyl (C=O) groups is 1. The molecule has 2 rings (SSSR count). The SMILES string of the molecule is CCCCCCCc1ccc(OC(=O)C2COC(CCCCC)OC2)c(C)c1. The lowest BCUT2D eigenvalue weighted by molar-refractivity contribution is -0.208. The number of hydrogen-bond donors (Lipinski definition) is 0. The maximum absolute atomic E-state index is 12.5. The van der Waals surface area contributed by atoms with Crippen molar-refractivity contribution >= 4 is 5.97 Å². The zero-order valence-corrected chi connectivity index (χ0v) is 18.0. The van der Waals surface area contributed by atoms with Crippen LogP contribution < -0.4 is 4.74 Å². The summed E-state index contributed by atoms with van der Waals surface area (Å²) in [7, 11) is 0. The second-order valence-corrected chi connectivity index (χ2v) is 7.97. The maximum Gasteiger partial charge on any atom is 0.319 e. The maximum atomic E-state index is 12.5.